The lowest BCUT2D eigenvalue weighted by Crippen LogP contribution is -2.18. The first-order chi connectivity index (χ1) is 9.20. The summed E-state index contributed by atoms with van der Waals surface area (Å²) in [5.74, 6) is 1.25. The van der Waals surface area contributed by atoms with Crippen molar-refractivity contribution in [3.8, 4) is 5.75 Å². The highest BCUT2D eigenvalue weighted by molar-refractivity contribution is 7.99. The fourth-order valence-electron chi connectivity index (χ4n) is 2.56. The van der Waals surface area contributed by atoms with Crippen LogP contribution in [0.15, 0.2) is 18.2 Å². The first-order valence-corrected chi connectivity index (χ1v) is 7.96. The van der Waals surface area contributed by atoms with E-state index < -0.39 is 0 Å². The SMILES string of the molecule is COc1ccc(F)cc1C(N)CSC1CCCCC1. The minimum absolute atomic E-state index is 0.169. The van der Waals surface area contributed by atoms with Crippen molar-refractivity contribution in [2.45, 2.75) is 43.4 Å². The lowest BCUT2D eigenvalue weighted by Gasteiger charge is -2.23. The number of nitrogens with two attached hydrogens (primary N) is 1. The van der Waals surface area contributed by atoms with Gasteiger partial charge >= 0.3 is 0 Å². The van der Waals surface area contributed by atoms with Crippen LogP contribution in [0.25, 0.3) is 0 Å². The van der Waals surface area contributed by atoms with E-state index in [1.54, 1.807) is 13.2 Å². The quantitative estimate of drug-likeness (QED) is 0.890. The van der Waals surface area contributed by atoms with Gasteiger partial charge in [-0.15, -0.1) is 0 Å². The lowest BCUT2D eigenvalue weighted by atomic mass is 10.0. The molecule has 1 aromatic rings. The zero-order chi connectivity index (χ0) is 13.7. The molecule has 0 aliphatic heterocycles. The molecule has 2 rings (SSSR count). The van der Waals surface area contributed by atoms with Crippen molar-refractivity contribution >= 4 is 11.8 Å². The molecule has 4 heteroatoms. The molecule has 1 aromatic carbocycles. The largest absolute Gasteiger partial charge is 0.496 e. The summed E-state index contributed by atoms with van der Waals surface area (Å²) in [6.07, 6.45) is 6.60. The van der Waals surface area contributed by atoms with Gasteiger partial charge in [0.25, 0.3) is 0 Å². The molecule has 0 aromatic heterocycles. The topological polar surface area (TPSA) is 35.2 Å². The van der Waals surface area contributed by atoms with Crippen molar-refractivity contribution in [3.05, 3.63) is 29.6 Å². The van der Waals surface area contributed by atoms with Crippen molar-refractivity contribution in [2.75, 3.05) is 12.9 Å². The Balaban J connectivity index is 1.94. The molecule has 0 amide bonds. The van der Waals surface area contributed by atoms with Crippen LogP contribution in [0.5, 0.6) is 5.75 Å². The molecule has 106 valence electrons. The molecule has 2 N–H and O–H groups in total. The fraction of sp³-hybridized carbons (Fsp3) is 0.600. The minimum Gasteiger partial charge on any atom is -0.496 e. The summed E-state index contributed by atoms with van der Waals surface area (Å²) in [4.78, 5) is 0. The van der Waals surface area contributed by atoms with E-state index in [1.807, 2.05) is 11.8 Å². The molecular formula is C15H22FNOS. The number of hydrogen-bond acceptors (Lipinski definition) is 3. The Hall–Kier alpha value is -0.740. The number of thioether (sulfide) groups is 1. The Morgan fingerprint density at radius 1 is 1.37 bits per heavy atom. The number of rotatable bonds is 5. The summed E-state index contributed by atoms with van der Waals surface area (Å²) in [5.41, 5.74) is 6.96. The predicted octanol–water partition coefficient (Wildman–Crippen LogP) is 3.90. The maximum atomic E-state index is 13.3. The van der Waals surface area contributed by atoms with Gasteiger partial charge in [0.2, 0.25) is 0 Å². The van der Waals surface area contributed by atoms with Crippen LogP contribution in [0, 0.1) is 5.82 Å². The molecule has 0 saturated heterocycles. The molecule has 0 radical (unpaired) electrons. The number of ether oxygens (including phenoxy) is 1. The molecule has 0 spiro atoms. The number of hydrogen-bond donors (Lipinski definition) is 1. The highest BCUT2D eigenvalue weighted by Crippen LogP contribution is 2.32. The van der Waals surface area contributed by atoms with Crippen LogP contribution in [0.2, 0.25) is 0 Å². The Morgan fingerprint density at radius 2 is 2.11 bits per heavy atom. The summed E-state index contributed by atoms with van der Waals surface area (Å²) in [7, 11) is 1.59. The molecule has 0 heterocycles. The molecule has 1 aliphatic rings. The summed E-state index contributed by atoms with van der Waals surface area (Å²) in [5, 5.41) is 0.722. The zero-order valence-corrected chi connectivity index (χ0v) is 12.2. The van der Waals surface area contributed by atoms with Crippen molar-refractivity contribution in [2.24, 2.45) is 5.73 Å². The molecule has 1 unspecified atom stereocenters. The summed E-state index contributed by atoms with van der Waals surface area (Å²) >= 11 is 1.92. The maximum Gasteiger partial charge on any atom is 0.123 e. The van der Waals surface area contributed by atoms with Crippen LogP contribution in [-0.2, 0) is 0 Å². The van der Waals surface area contributed by atoms with Gasteiger partial charge in [-0.25, -0.2) is 4.39 Å². The third-order valence-corrected chi connectivity index (χ3v) is 5.15. The van der Waals surface area contributed by atoms with Crippen LogP contribution in [-0.4, -0.2) is 18.1 Å². The van der Waals surface area contributed by atoms with E-state index >= 15 is 0 Å². The van der Waals surface area contributed by atoms with Crippen LogP contribution in [0.1, 0.15) is 43.7 Å². The van der Waals surface area contributed by atoms with Crippen molar-refractivity contribution in [3.63, 3.8) is 0 Å². The van der Waals surface area contributed by atoms with Gasteiger partial charge in [-0.3, -0.25) is 0 Å². The Bertz CT molecular complexity index is 407. The molecule has 1 fully saturated rings. The molecule has 1 saturated carbocycles. The first-order valence-electron chi connectivity index (χ1n) is 6.91. The molecule has 0 bridgehead atoms. The molecule has 1 aliphatic carbocycles. The normalized spacial score (nSPS) is 18.3. The van der Waals surface area contributed by atoms with Gasteiger partial charge in [0.15, 0.2) is 0 Å². The number of benzene rings is 1. The monoisotopic (exact) mass is 283 g/mol. The van der Waals surface area contributed by atoms with E-state index in [1.165, 1.54) is 44.2 Å². The second kappa shape index (κ2) is 7.15. The van der Waals surface area contributed by atoms with E-state index in [9.17, 15) is 4.39 Å². The predicted molar refractivity (Wildman–Crippen MR) is 79.2 cm³/mol. The van der Waals surface area contributed by atoms with E-state index in [-0.39, 0.29) is 11.9 Å². The standard InChI is InChI=1S/C15H22FNOS/c1-18-15-8-7-11(16)9-13(15)14(17)10-19-12-5-3-2-4-6-12/h7-9,12,14H,2-6,10,17H2,1H3. The average molecular weight is 283 g/mol. The van der Waals surface area contributed by atoms with Gasteiger partial charge in [-0.2, -0.15) is 11.8 Å². The Labute approximate surface area is 118 Å². The molecule has 19 heavy (non-hydrogen) atoms. The second-order valence-electron chi connectivity index (χ2n) is 5.09. The fourth-order valence-corrected chi connectivity index (χ4v) is 3.88. The van der Waals surface area contributed by atoms with Crippen LogP contribution in [0.3, 0.4) is 0 Å². The highest BCUT2D eigenvalue weighted by atomic mass is 32.2. The van der Waals surface area contributed by atoms with Crippen molar-refractivity contribution < 1.29 is 9.13 Å². The smallest absolute Gasteiger partial charge is 0.123 e. The van der Waals surface area contributed by atoms with E-state index in [2.05, 4.69) is 0 Å². The van der Waals surface area contributed by atoms with Crippen LogP contribution < -0.4 is 10.5 Å². The second-order valence-corrected chi connectivity index (χ2v) is 6.42. The van der Waals surface area contributed by atoms with Gasteiger partial charge in [0.05, 0.1) is 7.11 Å². The average Bonchev–Trinajstić information content (AvgIpc) is 2.46. The van der Waals surface area contributed by atoms with Gasteiger partial charge in [0, 0.05) is 22.6 Å². The maximum absolute atomic E-state index is 13.3. The molecule has 1 atom stereocenters. The third-order valence-electron chi connectivity index (χ3n) is 3.65. The third kappa shape index (κ3) is 4.11. The minimum atomic E-state index is -0.256. The van der Waals surface area contributed by atoms with Gasteiger partial charge < -0.3 is 10.5 Å². The van der Waals surface area contributed by atoms with Crippen molar-refractivity contribution in [1.82, 2.24) is 0 Å². The van der Waals surface area contributed by atoms with Gasteiger partial charge in [-0.05, 0) is 31.0 Å². The zero-order valence-electron chi connectivity index (χ0n) is 11.4. The van der Waals surface area contributed by atoms with Crippen LogP contribution in [0.4, 0.5) is 4.39 Å². The summed E-state index contributed by atoms with van der Waals surface area (Å²) in [6, 6.07) is 4.38. The Kier molecular flexibility index (Phi) is 5.52. The summed E-state index contributed by atoms with van der Waals surface area (Å²) < 4.78 is 18.6. The van der Waals surface area contributed by atoms with Crippen LogP contribution >= 0.6 is 11.8 Å². The van der Waals surface area contributed by atoms with Crippen molar-refractivity contribution in [1.29, 1.82) is 0 Å². The first kappa shape index (κ1) is 14.7. The lowest BCUT2D eigenvalue weighted by molar-refractivity contribution is 0.405. The number of halogens is 1. The van der Waals surface area contributed by atoms with E-state index in [0.29, 0.717) is 5.75 Å². The number of methoxy groups -OCH3 is 1. The van der Waals surface area contributed by atoms with Gasteiger partial charge in [-0.1, -0.05) is 19.3 Å². The van der Waals surface area contributed by atoms with E-state index in [0.717, 1.165) is 16.6 Å². The summed E-state index contributed by atoms with van der Waals surface area (Å²) in [6.45, 7) is 0. The van der Waals surface area contributed by atoms with Gasteiger partial charge in [0.1, 0.15) is 11.6 Å². The molecular weight excluding hydrogens is 261 g/mol. The highest BCUT2D eigenvalue weighted by Gasteiger charge is 2.18. The molecule has 2 nitrogen and oxygen atoms in total. The Morgan fingerprint density at radius 3 is 2.79 bits per heavy atom. The van der Waals surface area contributed by atoms with E-state index in [4.69, 9.17) is 10.5 Å².